The lowest BCUT2D eigenvalue weighted by Crippen LogP contribution is -2.61. The number of morpholine rings is 1. The highest BCUT2D eigenvalue weighted by Crippen LogP contribution is 2.29. The number of hydrogen-bond acceptors (Lipinski definition) is 3. The Morgan fingerprint density at radius 1 is 1.05 bits per heavy atom. The molecule has 0 spiro atoms. The molecule has 6 heteroatoms. The van der Waals surface area contributed by atoms with Crippen molar-refractivity contribution < 1.29 is 19.4 Å². The van der Waals surface area contributed by atoms with E-state index in [-0.39, 0.29) is 29.2 Å². The SMILES string of the molecule is CC1(C)CN(C(=O)NC2CCC(C(=O)O)CC2)CC(C)(C)O1. The van der Waals surface area contributed by atoms with Gasteiger partial charge in [-0.3, -0.25) is 4.79 Å². The molecule has 22 heavy (non-hydrogen) atoms. The lowest BCUT2D eigenvalue weighted by Gasteiger charge is -2.47. The molecular formula is C16H28N2O4. The second kappa shape index (κ2) is 6.07. The Kier molecular flexibility index (Phi) is 4.70. The van der Waals surface area contributed by atoms with E-state index in [1.807, 2.05) is 32.6 Å². The molecule has 1 saturated heterocycles. The lowest BCUT2D eigenvalue weighted by molar-refractivity contribution is -0.170. The van der Waals surface area contributed by atoms with Gasteiger partial charge in [0.1, 0.15) is 0 Å². The minimum absolute atomic E-state index is 0.0665. The number of aliphatic carboxylic acids is 1. The Morgan fingerprint density at radius 2 is 1.55 bits per heavy atom. The number of nitrogens with zero attached hydrogens (tertiary/aromatic N) is 1. The van der Waals surface area contributed by atoms with E-state index in [0.29, 0.717) is 25.9 Å². The highest BCUT2D eigenvalue weighted by atomic mass is 16.5. The van der Waals surface area contributed by atoms with Gasteiger partial charge in [-0.05, 0) is 53.4 Å². The van der Waals surface area contributed by atoms with E-state index >= 15 is 0 Å². The quantitative estimate of drug-likeness (QED) is 0.819. The third kappa shape index (κ3) is 4.35. The van der Waals surface area contributed by atoms with Crippen molar-refractivity contribution in [2.75, 3.05) is 13.1 Å². The van der Waals surface area contributed by atoms with Gasteiger partial charge in [-0.1, -0.05) is 0 Å². The summed E-state index contributed by atoms with van der Waals surface area (Å²) >= 11 is 0. The largest absolute Gasteiger partial charge is 0.481 e. The monoisotopic (exact) mass is 312 g/mol. The van der Waals surface area contributed by atoms with Crippen molar-refractivity contribution >= 4 is 12.0 Å². The van der Waals surface area contributed by atoms with E-state index < -0.39 is 5.97 Å². The summed E-state index contributed by atoms with van der Waals surface area (Å²) in [4.78, 5) is 25.3. The Hall–Kier alpha value is -1.30. The molecule has 1 heterocycles. The molecule has 2 N–H and O–H groups in total. The van der Waals surface area contributed by atoms with Crippen molar-refractivity contribution in [2.24, 2.45) is 5.92 Å². The van der Waals surface area contributed by atoms with Gasteiger partial charge in [-0.25, -0.2) is 4.79 Å². The molecule has 0 unspecified atom stereocenters. The van der Waals surface area contributed by atoms with Crippen LogP contribution in [0.15, 0.2) is 0 Å². The predicted molar refractivity (Wildman–Crippen MR) is 82.7 cm³/mol. The average molecular weight is 312 g/mol. The Labute approximate surface area is 132 Å². The summed E-state index contributed by atoms with van der Waals surface area (Å²) in [6, 6.07) is 0.0143. The first-order chi connectivity index (χ1) is 10.1. The molecule has 0 bridgehead atoms. The number of hydrogen-bond donors (Lipinski definition) is 2. The van der Waals surface area contributed by atoms with Crippen molar-refractivity contribution in [1.29, 1.82) is 0 Å². The van der Waals surface area contributed by atoms with E-state index in [4.69, 9.17) is 9.84 Å². The highest BCUT2D eigenvalue weighted by molar-refractivity contribution is 5.75. The molecule has 6 nitrogen and oxygen atoms in total. The summed E-state index contributed by atoms with van der Waals surface area (Å²) in [6.45, 7) is 9.09. The van der Waals surface area contributed by atoms with Crippen molar-refractivity contribution in [3.8, 4) is 0 Å². The molecule has 2 rings (SSSR count). The molecule has 0 aromatic rings. The maximum absolute atomic E-state index is 12.5. The number of carbonyl (C=O) groups excluding carboxylic acids is 1. The minimum Gasteiger partial charge on any atom is -0.481 e. The van der Waals surface area contributed by atoms with Crippen LogP contribution in [0.3, 0.4) is 0 Å². The minimum atomic E-state index is -0.721. The van der Waals surface area contributed by atoms with Crippen molar-refractivity contribution in [1.82, 2.24) is 10.2 Å². The molecule has 0 aromatic carbocycles. The van der Waals surface area contributed by atoms with Gasteiger partial charge < -0.3 is 20.1 Å². The first-order valence-electron chi connectivity index (χ1n) is 8.06. The van der Waals surface area contributed by atoms with Gasteiger partial charge in [-0.2, -0.15) is 0 Å². The Balaban J connectivity index is 1.88. The normalized spacial score (nSPS) is 30.6. The van der Waals surface area contributed by atoms with Crippen LogP contribution in [0.25, 0.3) is 0 Å². The van der Waals surface area contributed by atoms with Crippen LogP contribution in [0.1, 0.15) is 53.4 Å². The number of nitrogens with one attached hydrogen (secondary N) is 1. The van der Waals surface area contributed by atoms with Crippen molar-refractivity contribution in [2.45, 2.75) is 70.6 Å². The van der Waals surface area contributed by atoms with Gasteiger partial charge in [0.25, 0.3) is 0 Å². The second-order valence-corrected chi connectivity index (χ2v) is 7.81. The van der Waals surface area contributed by atoms with Gasteiger partial charge in [-0.15, -0.1) is 0 Å². The van der Waals surface area contributed by atoms with Gasteiger partial charge >= 0.3 is 12.0 Å². The highest BCUT2D eigenvalue weighted by Gasteiger charge is 2.40. The van der Waals surface area contributed by atoms with Crippen LogP contribution >= 0.6 is 0 Å². The van der Waals surface area contributed by atoms with Gasteiger partial charge in [0, 0.05) is 6.04 Å². The van der Waals surface area contributed by atoms with E-state index in [9.17, 15) is 9.59 Å². The Bertz CT molecular complexity index is 423. The van der Waals surface area contributed by atoms with Gasteiger partial charge in [0.05, 0.1) is 30.2 Å². The van der Waals surface area contributed by atoms with Crippen LogP contribution in [-0.2, 0) is 9.53 Å². The van der Waals surface area contributed by atoms with Crippen molar-refractivity contribution in [3.63, 3.8) is 0 Å². The second-order valence-electron chi connectivity index (χ2n) is 7.81. The zero-order chi connectivity index (χ0) is 16.5. The first kappa shape index (κ1) is 17.1. The van der Waals surface area contributed by atoms with E-state index in [0.717, 1.165) is 12.8 Å². The van der Waals surface area contributed by atoms with Crippen LogP contribution in [0.2, 0.25) is 0 Å². The maximum Gasteiger partial charge on any atom is 0.317 e. The molecule has 1 saturated carbocycles. The van der Waals surface area contributed by atoms with Crippen LogP contribution in [0, 0.1) is 5.92 Å². The molecule has 0 aromatic heterocycles. The van der Waals surface area contributed by atoms with Crippen LogP contribution in [0.4, 0.5) is 4.79 Å². The zero-order valence-electron chi connectivity index (χ0n) is 14.0. The summed E-state index contributed by atoms with van der Waals surface area (Å²) in [5, 5.41) is 12.1. The summed E-state index contributed by atoms with van der Waals surface area (Å²) in [5.41, 5.74) is -0.722. The average Bonchev–Trinajstić information content (AvgIpc) is 2.35. The van der Waals surface area contributed by atoms with Gasteiger partial charge in [0.2, 0.25) is 0 Å². The Morgan fingerprint density at radius 3 is 2.00 bits per heavy atom. The summed E-state index contributed by atoms with van der Waals surface area (Å²) < 4.78 is 5.99. The van der Waals surface area contributed by atoms with E-state index in [1.165, 1.54) is 0 Å². The molecular weight excluding hydrogens is 284 g/mol. The number of ether oxygens (including phenoxy) is 1. The third-order valence-electron chi connectivity index (χ3n) is 4.39. The molecule has 1 aliphatic heterocycles. The third-order valence-corrected chi connectivity index (χ3v) is 4.39. The molecule has 0 radical (unpaired) electrons. The van der Waals surface area contributed by atoms with E-state index in [1.54, 1.807) is 0 Å². The zero-order valence-corrected chi connectivity index (χ0v) is 14.0. The predicted octanol–water partition coefficient (Wildman–Crippen LogP) is 2.23. The molecule has 0 atom stereocenters. The van der Waals surface area contributed by atoms with Crippen LogP contribution in [-0.4, -0.2) is 52.3 Å². The summed E-state index contributed by atoms with van der Waals surface area (Å²) in [5.74, 6) is -0.976. The number of carbonyl (C=O) groups is 2. The number of urea groups is 1. The summed E-state index contributed by atoms with van der Waals surface area (Å²) in [6.07, 6.45) is 2.75. The van der Waals surface area contributed by atoms with Crippen LogP contribution in [0.5, 0.6) is 0 Å². The fourth-order valence-corrected chi connectivity index (χ4v) is 3.68. The standard InChI is InChI=1S/C16H28N2O4/c1-15(2)9-18(10-16(3,4)22-15)14(21)17-12-7-5-11(6-8-12)13(19)20/h11-12H,5-10H2,1-4H3,(H,17,21)(H,19,20). The number of amides is 2. The fraction of sp³-hybridized carbons (Fsp3) is 0.875. The van der Waals surface area contributed by atoms with Crippen molar-refractivity contribution in [3.05, 3.63) is 0 Å². The number of carboxylic acid groups (broad SMARTS) is 1. The smallest absolute Gasteiger partial charge is 0.317 e. The topological polar surface area (TPSA) is 78.9 Å². The molecule has 1 aliphatic carbocycles. The van der Waals surface area contributed by atoms with E-state index in [2.05, 4.69) is 5.32 Å². The molecule has 2 fully saturated rings. The fourth-order valence-electron chi connectivity index (χ4n) is 3.68. The van der Waals surface area contributed by atoms with Gasteiger partial charge in [0.15, 0.2) is 0 Å². The lowest BCUT2D eigenvalue weighted by atomic mass is 9.86. The maximum atomic E-state index is 12.5. The molecule has 126 valence electrons. The first-order valence-corrected chi connectivity index (χ1v) is 8.06. The molecule has 2 aliphatic rings. The number of rotatable bonds is 2. The summed E-state index contributed by atoms with van der Waals surface area (Å²) in [7, 11) is 0. The van der Waals surface area contributed by atoms with Crippen LogP contribution < -0.4 is 5.32 Å². The molecule has 2 amide bonds. The number of carboxylic acids is 1.